The molecule has 7 heteroatoms. The highest BCUT2D eigenvalue weighted by Gasteiger charge is 2.33. The molecular weight excluding hydrogens is 404 g/mol. The van der Waals surface area contributed by atoms with Crippen LogP contribution in [-0.2, 0) is 4.79 Å². The van der Waals surface area contributed by atoms with E-state index in [4.69, 9.17) is 9.72 Å². The summed E-state index contributed by atoms with van der Waals surface area (Å²) >= 11 is 0. The van der Waals surface area contributed by atoms with Crippen molar-refractivity contribution < 1.29 is 14.3 Å². The number of fused-ring (bicyclic) bond motifs is 1. The van der Waals surface area contributed by atoms with Crippen LogP contribution in [-0.4, -0.2) is 52.9 Å². The molecule has 2 heterocycles. The molecule has 0 aliphatic carbocycles. The number of rotatable bonds is 6. The number of amides is 2. The van der Waals surface area contributed by atoms with Gasteiger partial charge in [0.05, 0.1) is 18.1 Å². The molecule has 0 spiro atoms. The van der Waals surface area contributed by atoms with Crippen LogP contribution >= 0.6 is 0 Å². The lowest BCUT2D eigenvalue weighted by Crippen LogP contribution is -2.53. The fourth-order valence-electron chi connectivity index (χ4n) is 4.24. The maximum atomic E-state index is 13.4. The first-order valence-corrected chi connectivity index (χ1v) is 11.1. The van der Waals surface area contributed by atoms with Crippen molar-refractivity contribution in [1.29, 1.82) is 0 Å². The van der Waals surface area contributed by atoms with Crippen molar-refractivity contribution in [3.05, 3.63) is 59.9 Å². The van der Waals surface area contributed by atoms with Crippen LogP contribution in [0.4, 0.5) is 0 Å². The molecule has 3 aromatic rings. The normalized spacial score (nSPS) is 17.4. The van der Waals surface area contributed by atoms with Crippen molar-refractivity contribution in [1.82, 2.24) is 20.2 Å². The van der Waals surface area contributed by atoms with E-state index in [0.717, 1.165) is 29.7 Å². The monoisotopic (exact) mass is 434 g/mol. The SMILES string of the molecule is COc1ccc(C(=O)N[C@@H](C(=O)N2CCC[C@@H](c3nc4ccccc4[nH]3)C2)C(C)C)cc1. The van der Waals surface area contributed by atoms with Gasteiger partial charge in [-0.3, -0.25) is 9.59 Å². The fraction of sp³-hybridized carbons (Fsp3) is 0.400. The molecule has 1 aliphatic rings. The van der Waals surface area contributed by atoms with Gasteiger partial charge in [0.1, 0.15) is 17.6 Å². The number of benzene rings is 2. The number of hydrogen-bond acceptors (Lipinski definition) is 4. The molecule has 7 nitrogen and oxygen atoms in total. The zero-order valence-electron chi connectivity index (χ0n) is 18.8. The third-order valence-corrected chi connectivity index (χ3v) is 6.10. The zero-order chi connectivity index (χ0) is 22.7. The number of nitrogens with zero attached hydrogens (tertiary/aromatic N) is 2. The van der Waals surface area contributed by atoms with Crippen molar-refractivity contribution in [3.8, 4) is 5.75 Å². The molecule has 0 saturated carbocycles. The third-order valence-electron chi connectivity index (χ3n) is 6.10. The second-order valence-electron chi connectivity index (χ2n) is 8.69. The van der Waals surface area contributed by atoms with E-state index in [1.54, 1.807) is 31.4 Å². The summed E-state index contributed by atoms with van der Waals surface area (Å²) < 4.78 is 5.15. The van der Waals surface area contributed by atoms with Crippen molar-refractivity contribution in [2.45, 2.75) is 38.6 Å². The van der Waals surface area contributed by atoms with Crippen molar-refractivity contribution >= 4 is 22.8 Å². The molecule has 1 aromatic heterocycles. The number of aromatic nitrogens is 2. The molecule has 0 unspecified atom stereocenters. The summed E-state index contributed by atoms with van der Waals surface area (Å²) in [5.74, 6) is 1.43. The van der Waals surface area contributed by atoms with Gasteiger partial charge in [0.15, 0.2) is 0 Å². The second kappa shape index (κ2) is 9.42. The van der Waals surface area contributed by atoms with Crippen molar-refractivity contribution in [2.75, 3.05) is 20.2 Å². The smallest absolute Gasteiger partial charge is 0.251 e. The van der Waals surface area contributed by atoms with E-state index >= 15 is 0 Å². The van der Waals surface area contributed by atoms with E-state index < -0.39 is 6.04 Å². The molecule has 2 N–H and O–H groups in total. The molecule has 1 saturated heterocycles. The van der Waals surface area contributed by atoms with Crippen LogP contribution in [0.1, 0.15) is 48.8 Å². The third kappa shape index (κ3) is 4.61. The Kier molecular flexibility index (Phi) is 6.44. The van der Waals surface area contributed by atoms with Gasteiger partial charge in [0.25, 0.3) is 5.91 Å². The maximum absolute atomic E-state index is 13.4. The molecule has 0 radical (unpaired) electrons. The number of methoxy groups -OCH3 is 1. The van der Waals surface area contributed by atoms with E-state index in [1.165, 1.54) is 0 Å². The fourth-order valence-corrected chi connectivity index (χ4v) is 4.24. The maximum Gasteiger partial charge on any atom is 0.251 e. The highest BCUT2D eigenvalue weighted by atomic mass is 16.5. The summed E-state index contributed by atoms with van der Waals surface area (Å²) in [5, 5.41) is 2.95. The lowest BCUT2D eigenvalue weighted by Gasteiger charge is -2.35. The first-order chi connectivity index (χ1) is 15.5. The van der Waals surface area contributed by atoms with E-state index in [2.05, 4.69) is 10.3 Å². The highest BCUT2D eigenvalue weighted by Crippen LogP contribution is 2.27. The van der Waals surface area contributed by atoms with Crippen molar-refractivity contribution in [3.63, 3.8) is 0 Å². The van der Waals surface area contributed by atoms with Gasteiger partial charge >= 0.3 is 0 Å². The van der Waals surface area contributed by atoms with Crippen LogP contribution in [0.15, 0.2) is 48.5 Å². The Hall–Kier alpha value is -3.35. The first-order valence-electron chi connectivity index (χ1n) is 11.1. The molecule has 1 aliphatic heterocycles. The Labute approximate surface area is 188 Å². The molecule has 168 valence electrons. The summed E-state index contributed by atoms with van der Waals surface area (Å²) in [7, 11) is 1.58. The minimum atomic E-state index is -0.584. The molecule has 4 rings (SSSR count). The topological polar surface area (TPSA) is 87.3 Å². The number of piperidine rings is 1. The van der Waals surface area contributed by atoms with Gasteiger partial charge in [0.2, 0.25) is 5.91 Å². The van der Waals surface area contributed by atoms with Gasteiger partial charge < -0.3 is 19.9 Å². The quantitative estimate of drug-likeness (QED) is 0.619. The predicted molar refractivity (Wildman–Crippen MR) is 124 cm³/mol. The molecule has 0 bridgehead atoms. The number of hydrogen-bond donors (Lipinski definition) is 2. The van der Waals surface area contributed by atoms with Gasteiger partial charge in [-0.15, -0.1) is 0 Å². The van der Waals surface area contributed by atoms with Crippen LogP contribution < -0.4 is 10.1 Å². The number of carbonyl (C=O) groups excluding carboxylic acids is 2. The number of H-pyrrole nitrogens is 1. The van der Waals surface area contributed by atoms with Crippen LogP contribution in [0.5, 0.6) is 5.75 Å². The molecule has 2 atom stereocenters. The molecule has 32 heavy (non-hydrogen) atoms. The van der Waals surface area contributed by atoms with Crippen LogP contribution in [0.2, 0.25) is 0 Å². The summed E-state index contributed by atoms with van der Waals surface area (Å²) in [5.41, 5.74) is 2.46. The van der Waals surface area contributed by atoms with Gasteiger partial charge in [-0.1, -0.05) is 26.0 Å². The zero-order valence-corrected chi connectivity index (χ0v) is 18.8. The largest absolute Gasteiger partial charge is 0.497 e. The predicted octanol–water partition coefficient (Wildman–Crippen LogP) is 3.73. The average molecular weight is 435 g/mol. The van der Waals surface area contributed by atoms with Crippen LogP contribution in [0.25, 0.3) is 11.0 Å². The van der Waals surface area contributed by atoms with Gasteiger partial charge in [-0.2, -0.15) is 0 Å². The van der Waals surface area contributed by atoms with Gasteiger partial charge in [0, 0.05) is 24.6 Å². The Morgan fingerprint density at radius 2 is 1.91 bits per heavy atom. The number of likely N-dealkylation sites (tertiary alicyclic amines) is 1. The minimum absolute atomic E-state index is 0.0312. The average Bonchev–Trinajstić information content (AvgIpc) is 3.26. The van der Waals surface area contributed by atoms with Crippen LogP contribution in [0, 0.1) is 5.92 Å². The standard InChI is InChI=1S/C25H30N4O3/c1-16(2)22(28-24(30)17-10-12-19(32-3)13-11-17)25(31)29-14-6-7-18(15-29)23-26-20-8-4-5-9-21(20)27-23/h4-5,8-13,16,18,22H,6-7,14-15H2,1-3H3,(H,26,27)(H,28,30)/t18-,22-/m1/s1. The van der Waals surface area contributed by atoms with E-state index in [9.17, 15) is 9.59 Å². The van der Waals surface area contributed by atoms with E-state index in [0.29, 0.717) is 24.4 Å². The van der Waals surface area contributed by atoms with Crippen molar-refractivity contribution in [2.24, 2.45) is 5.92 Å². The molecule has 2 aromatic carbocycles. The molecular formula is C25H30N4O3. The van der Waals surface area contributed by atoms with Gasteiger partial charge in [-0.05, 0) is 55.2 Å². The second-order valence-corrected chi connectivity index (χ2v) is 8.69. The van der Waals surface area contributed by atoms with Gasteiger partial charge in [-0.25, -0.2) is 4.98 Å². The summed E-state index contributed by atoms with van der Waals surface area (Å²) in [6, 6.07) is 14.3. The van der Waals surface area contributed by atoms with Crippen LogP contribution in [0.3, 0.4) is 0 Å². The van der Waals surface area contributed by atoms with E-state index in [-0.39, 0.29) is 23.7 Å². The number of carbonyl (C=O) groups is 2. The molecule has 2 amide bonds. The highest BCUT2D eigenvalue weighted by molar-refractivity contribution is 5.97. The Balaban J connectivity index is 1.46. The van der Waals surface area contributed by atoms with E-state index in [1.807, 2.05) is 43.0 Å². The summed E-state index contributed by atoms with van der Waals surface area (Å²) in [4.78, 5) is 36.2. The number of ether oxygens (including phenoxy) is 1. The number of nitrogens with one attached hydrogen (secondary N) is 2. The summed E-state index contributed by atoms with van der Waals surface area (Å²) in [6.45, 7) is 5.20. The Morgan fingerprint density at radius 3 is 2.59 bits per heavy atom. The molecule has 1 fully saturated rings. The minimum Gasteiger partial charge on any atom is -0.497 e. The lowest BCUT2D eigenvalue weighted by atomic mass is 9.95. The summed E-state index contributed by atoms with van der Waals surface area (Å²) in [6.07, 6.45) is 1.89. The Morgan fingerprint density at radius 1 is 1.16 bits per heavy atom. The number of aromatic amines is 1. The number of para-hydroxylation sites is 2. The first kappa shape index (κ1) is 21.9. The number of imidazole rings is 1. The Bertz CT molecular complexity index is 1060. The lowest BCUT2D eigenvalue weighted by molar-refractivity contribution is -0.135.